The molecule has 2 saturated carbocycles. The number of hydrogen-bond acceptors (Lipinski definition) is 7. The second-order valence-electron chi connectivity index (χ2n) is 11.3. The summed E-state index contributed by atoms with van der Waals surface area (Å²) in [5.41, 5.74) is 0.932. The number of alkyl halides is 2. The van der Waals surface area contributed by atoms with Gasteiger partial charge in [0.15, 0.2) is 5.78 Å². The number of nitrogens with zero attached hydrogens (tertiary/aromatic N) is 2. The van der Waals surface area contributed by atoms with E-state index in [2.05, 4.69) is 31.9 Å². The van der Waals surface area contributed by atoms with Crippen molar-refractivity contribution in [3.05, 3.63) is 93.5 Å². The molecule has 3 aromatic carbocycles. The summed E-state index contributed by atoms with van der Waals surface area (Å²) in [6, 6.07) is 15.6. The van der Waals surface area contributed by atoms with Gasteiger partial charge in [0.25, 0.3) is 17.7 Å². The fraction of sp³-hybridized carbons (Fsp3) is 0.290. The Morgan fingerprint density at radius 1 is 0.911 bits per heavy atom. The van der Waals surface area contributed by atoms with Crippen LogP contribution in [0, 0.1) is 30.6 Å². The number of hydrogen-bond donors (Lipinski definition) is 0. The van der Waals surface area contributed by atoms with Crippen LogP contribution in [0.4, 0.5) is 0 Å². The number of fused-ring (bicyclic) bond motifs is 5. The van der Waals surface area contributed by atoms with Crippen LogP contribution in [-0.4, -0.2) is 58.1 Å². The number of rotatable bonds is 8. The zero-order valence-electron chi connectivity index (χ0n) is 23.4. The SMILES string of the molecule is Cc1ccc(S(=O)(=O)Oc2ccc(C(=O)CN(C(=O)c3ccc(Cl)cc3Cl)N3C(=O)[C@@H]4[C@H]5C[C@@H]([C@@H](Br)[C@H]5Br)[C@H]4C3=O)cc2)cc1. The smallest absolute Gasteiger partial charge is 0.339 e. The van der Waals surface area contributed by atoms with E-state index in [1.54, 1.807) is 12.1 Å². The average Bonchev–Trinajstić information content (AvgIpc) is 3.61. The molecule has 3 aliphatic rings. The van der Waals surface area contributed by atoms with Crippen molar-refractivity contribution in [2.24, 2.45) is 23.7 Å². The van der Waals surface area contributed by atoms with Crippen molar-refractivity contribution in [1.29, 1.82) is 0 Å². The first-order chi connectivity index (χ1) is 21.3. The van der Waals surface area contributed by atoms with Gasteiger partial charge in [-0.1, -0.05) is 72.8 Å². The van der Waals surface area contributed by atoms with Gasteiger partial charge in [-0.05, 0) is 79.8 Å². The Hall–Kier alpha value is -2.77. The van der Waals surface area contributed by atoms with Crippen molar-refractivity contribution >= 4 is 88.7 Å². The molecule has 6 atom stereocenters. The van der Waals surface area contributed by atoms with Gasteiger partial charge in [0.05, 0.1) is 22.4 Å². The Bertz CT molecular complexity index is 1810. The molecule has 1 heterocycles. The summed E-state index contributed by atoms with van der Waals surface area (Å²) in [5, 5.41) is 1.91. The average molecular weight is 799 g/mol. The van der Waals surface area contributed by atoms with E-state index in [-0.39, 0.29) is 53.3 Å². The van der Waals surface area contributed by atoms with Gasteiger partial charge in [-0.3, -0.25) is 19.2 Å². The number of carbonyl (C=O) groups is 4. The maximum atomic E-state index is 13.9. The minimum Gasteiger partial charge on any atom is -0.379 e. The van der Waals surface area contributed by atoms with E-state index >= 15 is 0 Å². The van der Waals surface area contributed by atoms with Gasteiger partial charge in [0, 0.05) is 20.2 Å². The molecule has 6 rings (SSSR count). The van der Waals surface area contributed by atoms with Crippen molar-refractivity contribution in [3.63, 3.8) is 0 Å². The lowest BCUT2D eigenvalue weighted by molar-refractivity contribution is -0.154. The van der Waals surface area contributed by atoms with Crippen molar-refractivity contribution in [2.75, 3.05) is 6.54 Å². The van der Waals surface area contributed by atoms with Crippen LogP contribution in [0.3, 0.4) is 0 Å². The summed E-state index contributed by atoms with van der Waals surface area (Å²) in [4.78, 5) is 55.1. The Labute approximate surface area is 286 Å². The van der Waals surface area contributed by atoms with Crippen molar-refractivity contribution in [1.82, 2.24) is 10.0 Å². The van der Waals surface area contributed by atoms with E-state index in [1.807, 2.05) is 6.92 Å². The number of halogens is 4. The third kappa shape index (κ3) is 5.73. The first-order valence-electron chi connectivity index (χ1n) is 13.9. The summed E-state index contributed by atoms with van der Waals surface area (Å²) in [5.74, 6) is -4.03. The lowest BCUT2D eigenvalue weighted by Crippen LogP contribution is -2.52. The molecule has 0 radical (unpaired) electrons. The first kappa shape index (κ1) is 32.2. The van der Waals surface area contributed by atoms with Crippen LogP contribution < -0.4 is 4.18 Å². The van der Waals surface area contributed by atoms with E-state index in [4.69, 9.17) is 27.4 Å². The summed E-state index contributed by atoms with van der Waals surface area (Å²) in [6.07, 6.45) is 0.691. The Morgan fingerprint density at radius 3 is 2.04 bits per heavy atom. The van der Waals surface area contributed by atoms with Crippen LogP contribution in [0.15, 0.2) is 71.6 Å². The van der Waals surface area contributed by atoms with Crippen LogP contribution in [0.1, 0.15) is 32.7 Å². The molecule has 9 nitrogen and oxygen atoms in total. The molecule has 14 heteroatoms. The monoisotopic (exact) mass is 796 g/mol. The minimum atomic E-state index is -4.12. The number of Topliss-reactive ketones (excluding diaryl/α,β-unsaturated/α-hetero) is 1. The summed E-state index contributed by atoms with van der Waals surface area (Å²) >= 11 is 19.7. The highest BCUT2D eigenvalue weighted by atomic mass is 79.9. The van der Waals surface area contributed by atoms with E-state index in [1.165, 1.54) is 54.6 Å². The maximum absolute atomic E-state index is 13.9. The van der Waals surface area contributed by atoms with Gasteiger partial charge in [-0.15, -0.1) is 0 Å². The van der Waals surface area contributed by atoms with E-state index in [0.717, 1.165) is 15.6 Å². The molecule has 0 spiro atoms. The highest BCUT2D eigenvalue weighted by Gasteiger charge is 2.67. The third-order valence-electron chi connectivity index (χ3n) is 8.59. The molecule has 3 amide bonds. The van der Waals surface area contributed by atoms with E-state index < -0.39 is 52.0 Å². The van der Waals surface area contributed by atoms with E-state index in [0.29, 0.717) is 6.42 Å². The highest BCUT2D eigenvalue weighted by Crippen LogP contribution is 2.60. The van der Waals surface area contributed by atoms with Crippen molar-refractivity contribution in [2.45, 2.75) is 27.9 Å². The molecule has 3 aromatic rings. The molecule has 0 unspecified atom stereocenters. The lowest BCUT2D eigenvalue weighted by Gasteiger charge is -2.31. The number of carbonyl (C=O) groups excluding carboxylic acids is 4. The standard InChI is InChI=1S/C31H24Br2Cl2N2O7S/c1-15-2-9-19(10-3-15)45(42,43)44-18-7-4-16(5-8-18)24(38)14-36(29(39)20-11-6-17(34)12-23(20)35)37-30(40)25-21-13-22(26(25)31(37)41)28(33)27(21)32/h2-12,21-22,25-28H,13-14H2,1H3/t21-,22-,25-,26-,27-,28+/m1/s1. The first-order valence-corrected chi connectivity index (χ1v) is 17.8. The van der Waals surface area contributed by atoms with Crippen molar-refractivity contribution in [3.8, 4) is 5.75 Å². The predicted octanol–water partition coefficient (Wildman–Crippen LogP) is 6.09. The fourth-order valence-corrected chi connectivity index (χ4v) is 9.70. The molecule has 2 aliphatic carbocycles. The Kier molecular flexibility index (Phi) is 8.66. The van der Waals surface area contributed by atoms with Crippen LogP contribution in [-0.2, 0) is 19.7 Å². The van der Waals surface area contributed by atoms with Gasteiger partial charge >= 0.3 is 10.1 Å². The molecule has 234 valence electrons. The molecule has 45 heavy (non-hydrogen) atoms. The maximum Gasteiger partial charge on any atom is 0.339 e. The van der Waals surface area contributed by atoms with Gasteiger partial charge in [-0.2, -0.15) is 13.4 Å². The second-order valence-corrected chi connectivity index (χ2v) is 15.8. The van der Waals surface area contributed by atoms with Gasteiger partial charge in [0.2, 0.25) is 0 Å². The molecule has 3 fully saturated rings. The van der Waals surface area contributed by atoms with Gasteiger partial charge in [0.1, 0.15) is 17.2 Å². The number of amides is 3. The summed E-state index contributed by atoms with van der Waals surface area (Å²) < 4.78 is 30.6. The molecule has 0 aromatic heterocycles. The minimum absolute atomic E-state index is 0.0124. The number of ketones is 1. The lowest BCUT2D eigenvalue weighted by atomic mass is 9.81. The number of aryl methyl sites for hydroxylation is 1. The molecule has 2 bridgehead atoms. The van der Waals surface area contributed by atoms with E-state index in [9.17, 15) is 27.6 Å². The Balaban J connectivity index is 1.27. The summed E-state index contributed by atoms with van der Waals surface area (Å²) in [7, 11) is -4.12. The quantitative estimate of drug-likeness (QED) is 0.117. The van der Waals surface area contributed by atoms with Crippen LogP contribution in [0.5, 0.6) is 5.75 Å². The molecule has 0 N–H and O–H groups in total. The zero-order chi connectivity index (χ0) is 32.4. The third-order valence-corrected chi connectivity index (χ3v) is 13.6. The summed E-state index contributed by atoms with van der Waals surface area (Å²) in [6.45, 7) is 1.16. The molecule has 1 aliphatic heterocycles. The number of hydrazine groups is 1. The largest absolute Gasteiger partial charge is 0.379 e. The van der Waals surface area contributed by atoms with Crippen LogP contribution in [0.2, 0.25) is 10.0 Å². The second kappa shape index (κ2) is 12.1. The number of imide groups is 1. The Morgan fingerprint density at radius 2 is 1.49 bits per heavy atom. The van der Waals surface area contributed by atoms with Crippen LogP contribution >= 0.6 is 55.1 Å². The molecular weight excluding hydrogens is 775 g/mol. The number of benzene rings is 3. The topological polar surface area (TPSA) is 118 Å². The zero-order valence-corrected chi connectivity index (χ0v) is 28.9. The normalized spacial score (nSPS) is 25.4. The van der Waals surface area contributed by atoms with Gasteiger partial charge < -0.3 is 4.18 Å². The fourth-order valence-electron chi connectivity index (χ4n) is 6.41. The van der Waals surface area contributed by atoms with Gasteiger partial charge in [-0.25, -0.2) is 5.01 Å². The highest BCUT2D eigenvalue weighted by molar-refractivity contribution is 9.12. The molecular formula is C31H24Br2Cl2N2O7S. The predicted molar refractivity (Wildman–Crippen MR) is 173 cm³/mol. The van der Waals surface area contributed by atoms with Crippen molar-refractivity contribution < 1.29 is 31.8 Å². The molecule has 1 saturated heterocycles. The van der Waals surface area contributed by atoms with Crippen LogP contribution in [0.25, 0.3) is 0 Å².